The van der Waals surface area contributed by atoms with Crippen molar-refractivity contribution in [3.63, 3.8) is 0 Å². The summed E-state index contributed by atoms with van der Waals surface area (Å²) in [6.45, 7) is 1.21. The zero-order valence-electron chi connectivity index (χ0n) is 6.78. The Morgan fingerprint density at radius 3 is 3.17 bits per heavy atom. The Balaban J connectivity index is 2.21. The molecule has 0 aromatic carbocycles. The fourth-order valence-electron chi connectivity index (χ4n) is 1.10. The summed E-state index contributed by atoms with van der Waals surface area (Å²) in [6, 6.07) is 1.74. The normalized spacial score (nSPS) is 22.8. The van der Waals surface area contributed by atoms with Gasteiger partial charge < -0.3 is 9.47 Å². The van der Waals surface area contributed by atoms with E-state index in [1.54, 1.807) is 6.07 Å². The number of hydrogen-bond donors (Lipinski definition) is 0. The average molecular weight is 169 g/mol. The molecule has 1 aliphatic heterocycles. The van der Waals surface area contributed by atoms with E-state index >= 15 is 0 Å². The third-order valence-electron chi connectivity index (χ3n) is 1.64. The van der Waals surface area contributed by atoms with E-state index in [4.69, 9.17) is 14.7 Å². The minimum Gasteiger partial charge on any atom is -0.459 e. The van der Waals surface area contributed by atoms with E-state index in [0.29, 0.717) is 6.61 Å². The molecule has 0 aromatic rings. The lowest BCUT2D eigenvalue weighted by Gasteiger charge is -2.21. The molecule has 1 aliphatic rings. The molecule has 1 unspecified atom stereocenters. The third kappa shape index (κ3) is 2.89. The molecule has 0 spiro atoms. The van der Waals surface area contributed by atoms with Crippen LogP contribution in [0.4, 0.5) is 0 Å². The number of carbonyl (C=O) groups excluding carboxylic acids is 1. The molecular formula is C8H11NO3. The molecule has 0 saturated carbocycles. The third-order valence-corrected chi connectivity index (χ3v) is 1.64. The largest absolute Gasteiger partial charge is 0.459 e. The maximum atomic E-state index is 10.8. The standard InChI is InChI=1S/C8H11NO3/c9-4-3-8(10)12-7-2-1-5-11-6-7/h7H,1-3,5-6H2. The van der Waals surface area contributed by atoms with Gasteiger partial charge in [0.15, 0.2) is 0 Å². The van der Waals surface area contributed by atoms with Crippen molar-refractivity contribution in [2.24, 2.45) is 0 Å². The van der Waals surface area contributed by atoms with Gasteiger partial charge in [0.1, 0.15) is 12.5 Å². The zero-order valence-corrected chi connectivity index (χ0v) is 6.78. The molecule has 4 heteroatoms. The molecule has 1 saturated heterocycles. The molecule has 0 aliphatic carbocycles. The van der Waals surface area contributed by atoms with Crippen molar-refractivity contribution in [1.29, 1.82) is 5.26 Å². The Morgan fingerprint density at radius 1 is 1.75 bits per heavy atom. The highest BCUT2D eigenvalue weighted by molar-refractivity contribution is 5.71. The summed E-state index contributed by atoms with van der Waals surface area (Å²) < 4.78 is 10.0. The lowest BCUT2D eigenvalue weighted by atomic mass is 10.2. The van der Waals surface area contributed by atoms with Gasteiger partial charge >= 0.3 is 5.97 Å². The number of rotatable bonds is 2. The number of nitrogens with zero attached hydrogens (tertiary/aromatic N) is 1. The summed E-state index contributed by atoms with van der Waals surface area (Å²) in [6.07, 6.45) is 1.46. The van der Waals surface area contributed by atoms with Gasteiger partial charge in [0.05, 0.1) is 12.7 Å². The maximum Gasteiger partial charge on any atom is 0.320 e. The van der Waals surface area contributed by atoms with Crippen LogP contribution in [0.25, 0.3) is 0 Å². The highest BCUT2D eigenvalue weighted by atomic mass is 16.6. The van der Waals surface area contributed by atoms with Gasteiger partial charge in [-0.15, -0.1) is 0 Å². The summed E-state index contributed by atoms with van der Waals surface area (Å²) in [4.78, 5) is 10.8. The highest BCUT2D eigenvalue weighted by Gasteiger charge is 2.17. The van der Waals surface area contributed by atoms with Crippen LogP contribution >= 0.6 is 0 Å². The smallest absolute Gasteiger partial charge is 0.320 e. The maximum absolute atomic E-state index is 10.8. The van der Waals surface area contributed by atoms with Gasteiger partial charge in [0.25, 0.3) is 0 Å². The zero-order chi connectivity index (χ0) is 8.81. The Labute approximate surface area is 71.1 Å². The molecule has 4 nitrogen and oxygen atoms in total. The van der Waals surface area contributed by atoms with Crippen LogP contribution in [0, 0.1) is 11.3 Å². The van der Waals surface area contributed by atoms with Gasteiger partial charge in [-0.3, -0.25) is 4.79 Å². The molecule has 1 heterocycles. The predicted molar refractivity (Wildman–Crippen MR) is 40.2 cm³/mol. The fraction of sp³-hybridized carbons (Fsp3) is 0.750. The molecule has 1 rings (SSSR count). The molecule has 0 amide bonds. The molecule has 0 N–H and O–H groups in total. The van der Waals surface area contributed by atoms with Gasteiger partial charge in [0.2, 0.25) is 0 Å². The summed E-state index contributed by atoms with van der Waals surface area (Å²) in [5.74, 6) is -0.451. The molecule has 0 radical (unpaired) electrons. The number of nitriles is 1. The van der Waals surface area contributed by atoms with Crippen LogP contribution in [-0.4, -0.2) is 25.3 Å². The van der Waals surface area contributed by atoms with Crippen molar-refractivity contribution in [2.75, 3.05) is 13.2 Å². The van der Waals surface area contributed by atoms with E-state index in [9.17, 15) is 4.79 Å². The van der Waals surface area contributed by atoms with E-state index in [1.165, 1.54) is 0 Å². The first-order valence-corrected chi connectivity index (χ1v) is 3.97. The monoisotopic (exact) mass is 169 g/mol. The quantitative estimate of drug-likeness (QED) is 0.568. The van der Waals surface area contributed by atoms with Crippen molar-refractivity contribution in [3.8, 4) is 6.07 Å². The minimum absolute atomic E-state index is 0.139. The van der Waals surface area contributed by atoms with E-state index in [0.717, 1.165) is 19.4 Å². The molecule has 0 aromatic heterocycles. The van der Waals surface area contributed by atoms with Crippen molar-refractivity contribution >= 4 is 5.97 Å². The van der Waals surface area contributed by atoms with Crippen molar-refractivity contribution in [1.82, 2.24) is 0 Å². The van der Waals surface area contributed by atoms with Gasteiger partial charge in [-0.05, 0) is 12.8 Å². The number of ether oxygens (including phenoxy) is 2. The first-order chi connectivity index (χ1) is 5.83. The second-order valence-electron chi connectivity index (χ2n) is 2.66. The lowest BCUT2D eigenvalue weighted by molar-refractivity contribution is -0.153. The number of esters is 1. The van der Waals surface area contributed by atoms with Crippen molar-refractivity contribution in [3.05, 3.63) is 0 Å². The van der Waals surface area contributed by atoms with E-state index in [1.807, 2.05) is 0 Å². The Morgan fingerprint density at radius 2 is 2.58 bits per heavy atom. The summed E-state index contributed by atoms with van der Waals surface area (Å²) in [5.41, 5.74) is 0. The lowest BCUT2D eigenvalue weighted by Crippen LogP contribution is -2.27. The van der Waals surface area contributed by atoms with Crippen LogP contribution in [0.15, 0.2) is 0 Å². The van der Waals surface area contributed by atoms with Crippen LogP contribution in [0.1, 0.15) is 19.3 Å². The first kappa shape index (κ1) is 9.01. The summed E-state index contributed by atoms with van der Waals surface area (Å²) in [5, 5.41) is 8.18. The second kappa shape index (κ2) is 4.73. The Bertz CT molecular complexity index is 191. The van der Waals surface area contributed by atoms with Crippen LogP contribution in [0.5, 0.6) is 0 Å². The molecule has 12 heavy (non-hydrogen) atoms. The van der Waals surface area contributed by atoms with Crippen molar-refractivity contribution in [2.45, 2.75) is 25.4 Å². The van der Waals surface area contributed by atoms with E-state index in [-0.39, 0.29) is 12.5 Å². The molecule has 0 bridgehead atoms. The fourth-order valence-corrected chi connectivity index (χ4v) is 1.10. The average Bonchev–Trinajstić information content (AvgIpc) is 2.06. The number of hydrogen-bond acceptors (Lipinski definition) is 4. The Kier molecular flexibility index (Phi) is 3.55. The van der Waals surface area contributed by atoms with Gasteiger partial charge in [-0.1, -0.05) is 0 Å². The minimum atomic E-state index is -0.451. The van der Waals surface area contributed by atoms with Crippen LogP contribution in [0.3, 0.4) is 0 Å². The highest BCUT2D eigenvalue weighted by Crippen LogP contribution is 2.10. The van der Waals surface area contributed by atoms with Crippen LogP contribution < -0.4 is 0 Å². The predicted octanol–water partition coefficient (Wildman–Crippen LogP) is 0.622. The molecular weight excluding hydrogens is 158 g/mol. The molecule has 66 valence electrons. The molecule has 1 fully saturated rings. The first-order valence-electron chi connectivity index (χ1n) is 3.97. The summed E-state index contributed by atoms with van der Waals surface area (Å²) in [7, 11) is 0. The van der Waals surface area contributed by atoms with E-state index < -0.39 is 5.97 Å². The second-order valence-corrected chi connectivity index (χ2v) is 2.66. The van der Waals surface area contributed by atoms with Gasteiger partial charge in [-0.2, -0.15) is 5.26 Å². The van der Waals surface area contributed by atoms with Crippen LogP contribution in [-0.2, 0) is 14.3 Å². The van der Waals surface area contributed by atoms with Crippen LogP contribution in [0.2, 0.25) is 0 Å². The Hall–Kier alpha value is -1.08. The molecule has 1 atom stereocenters. The number of carbonyl (C=O) groups is 1. The van der Waals surface area contributed by atoms with Crippen molar-refractivity contribution < 1.29 is 14.3 Å². The summed E-state index contributed by atoms with van der Waals surface area (Å²) >= 11 is 0. The van der Waals surface area contributed by atoms with Gasteiger partial charge in [0, 0.05) is 6.61 Å². The van der Waals surface area contributed by atoms with E-state index in [2.05, 4.69) is 0 Å². The topological polar surface area (TPSA) is 59.3 Å². The van der Waals surface area contributed by atoms with Gasteiger partial charge in [-0.25, -0.2) is 0 Å². The SMILES string of the molecule is N#CCC(=O)OC1CCCOC1.